The Balaban J connectivity index is 3.49. The SMILES string of the molecule is CCCCCCCCCCCCCCCCCCCCOC(=O)[C@H](CO)NC(=O)CCCCCCCCCCCCCCC. The summed E-state index contributed by atoms with van der Waals surface area (Å²) in [5, 5.41) is 12.2. The summed E-state index contributed by atoms with van der Waals surface area (Å²) in [5.41, 5.74) is 0. The number of hydrogen-bond acceptors (Lipinski definition) is 4. The van der Waals surface area contributed by atoms with Gasteiger partial charge >= 0.3 is 5.97 Å². The van der Waals surface area contributed by atoms with Gasteiger partial charge in [0.15, 0.2) is 6.04 Å². The van der Waals surface area contributed by atoms with E-state index in [2.05, 4.69) is 19.2 Å². The molecule has 5 heteroatoms. The second-order valence-corrected chi connectivity index (χ2v) is 13.5. The second-order valence-electron chi connectivity index (χ2n) is 13.5. The molecule has 0 saturated carbocycles. The average Bonchev–Trinajstić information content (AvgIpc) is 3.03. The van der Waals surface area contributed by atoms with E-state index in [4.69, 9.17) is 4.74 Å². The van der Waals surface area contributed by atoms with Crippen molar-refractivity contribution in [2.75, 3.05) is 13.2 Å². The zero-order valence-corrected chi connectivity index (χ0v) is 29.8. The van der Waals surface area contributed by atoms with Crippen LogP contribution >= 0.6 is 0 Å². The van der Waals surface area contributed by atoms with E-state index in [9.17, 15) is 14.7 Å². The maximum Gasteiger partial charge on any atom is 0.331 e. The Morgan fingerprint density at radius 3 is 1.09 bits per heavy atom. The van der Waals surface area contributed by atoms with Crippen LogP contribution in [0.25, 0.3) is 0 Å². The van der Waals surface area contributed by atoms with Gasteiger partial charge in [-0.1, -0.05) is 200 Å². The number of ether oxygens (including phenoxy) is 1. The quantitative estimate of drug-likeness (QED) is 0.0538. The van der Waals surface area contributed by atoms with Gasteiger partial charge in [-0.3, -0.25) is 4.79 Å². The Morgan fingerprint density at radius 1 is 0.477 bits per heavy atom. The lowest BCUT2D eigenvalue weighted by Gasteiger charge is -2.15. The highest BCUT2D eigenvalue weighted by Gasteiger charge is 2.21. The lowest BCUT2D eigenvalue weighted by molar-refractivity contribution is -0.149. The van der Waals surface area contributed by atoms with Crippen LogP contribution < -0.4 is 5.32 Å². The van der Waals surface area contributed by atoms with E-state index in [1.54, 1.807) is 0 Å². The third-order valence-corrected chi connectivity index (χ3v) is 9.05. The molecule has 0 bridgehead atoms. The predicted octanol–water partition coefficient (Wildman–Crippen LogP) is 11.5. The van der Waals surface area contributed by atoms with E-state index in [0.717, 1.165) is 32.1 Å². The number of amides is 1. The minimum absolute atomic E-state index is 0.169. The van der Waals surface area contributed by atoms with Gasteiger partial charge in [-0.15, -0.1) is 0 Å². The Morgan fingerprint density at radius 2 is 0.773 bits per heavy atom. The van der Waals surface area contributed by atoms with Crippen LogP contribution in [0.1, 0.15) is 219 Å². The number of nitrogens with one attached hydrogen (secondary N) is 1. The Labute approximate surface area is 274 Å². The fraction of sp³-hybridized carbons (Fsp3) is 0.949. The molecule has 0 fully saturated rings. The first kappa shape index (κ1) is 42.9. The molecular formula is C39H77NO4. The van der Waals surface area contributed by atoms with E-state index in [1.165, 1.54) is 167 Å². The summed E-state index contributed by atoms with van der Waals surface area (Å²) in [5.74, 6) is -0.685. The van der Waals surface area contributed by atoms with Crippen LogP contribution in [0.15, 0.2) is 0 Å². The van der Waals surface area contributed by atoms with Crippen molar-refractivity contribution in [2.45, 2.75) is 225 Å². The van der Waals surface area contributed by atoms with Crippen LogP contribution in [0, 0.1) is 0 Å². The van der Waals surface area contributed by atoms with E-state index >= 15 is 0 Å². The zero-order valence-electron chi connectivity index (χ0n) is 29.8. The molecule has 2 N–H and O–H groups in total. The molecule has 44 heavy (non-hydrogen) atoms. The van der Waals surface area contributed by atoms with Gasteiger partial charge in [0, 0.05) is 6.42 Å². The van der Waals surface area contributed by atoms with Gasteiger partial charge in [0.25, 0.3) is 0 Å². The third-order valence-electron chi connectivity index (χ3n) is 9.05. The van der Waals surface area contributed by atoms with E-state index in [-0.39, 0.29) is 5.91 Å². The summed E-state index contributed by atoms with van der Waals surface area (Å²) in [4.78, 5) is 24.5. The lowest BCUT2D eigenvalue weighted by atomic mass is 10.0. The molecule has 0 rings (SSSR count). The van der Waals surface area contributed by atoms with E-state index in [0.29, 0.717) is 13.0 Å². The van der Waals surface area contributed by atoms with E-state index < -0.39 is 18.6 Å². The van der Waals surface area contributed by atoms with E-state index in [1.807, 2.05) is 0 Å². The van der Waals surface area contributed by atoms with Crippen LogP contribution in [-0.2, 0) is 14.3 Å². The summed E-state index contributed by atoms with van der Waals surface area (Å²) < 4.78 is 5.33. The Kier molecular flexibility index (Phi) is 35.5. The lowest BCUT2D eigenvalue weighted by Crippen LogP contribution is -2.44. The zero-order chi connectivity index (χ0) is 32.2. The third kappa shape index (κ3) is 32.3. The molecule has 0 radical (unpaired) electrons. The van der Waals surface area contributed by atoms with Crippen LogP contribution in [0.5, 0.6) is 0 Å². The second kappa shape index (κ2) is 36.4. The minimum Gasteiger partial charge on any atom is -0.464 e. The normalized spacial score (nSPS) is 12.0. The molecule has 5 nitrogen and oxygen atoms in total. The number of hydrogen-bond donors (Lipinski definition) is 2. The van der Waals surface area contributed by atoms with Gasteiger partial charge in [0.1, 0.15) is 0 Å². The predicted molar refractivity (Wildman–Crippen MR) is 189 cm³/mol. The largest absolute Gasteiger partial charge is 0.464 e. The molecule has 1 amide bonds. The molecule has 1 atom stereocenters. The maximum absolute atomic E-state index is 12.3. The van der Waals surface area contributed by atoms with Crippen molar-refractivity contribution in [3.63, 3.8) is 0 Å². The Bertz CT molecular complexity index is 597. The highest BCUT2D eigenvalue weighted by molar-refractivity contribution is 5.84. The van der Waals surface area contributed by atoms with Crippen molar-refractivity contribution in [3.05, 3.63) is 0 Å². The first-order valence-corrected chi connectivity index (χ1v) is 19.7. The van der Waals surface area contributed by atoms with Gasteiger partial charge in [0.05, 0.1) is 13.2 Å². The summed E-state index contributed by atoms with van der Waals surface area (Å²) in [6, 6.07) is -0.944. The molecule has 0 aliphatic rings. The molecule has 0 aromatic carbocycles. The van der Waals surface area contributed by atoms with Crippen molar-refractivity contribution in [3.8, 4) is 0 Å². The minimum atomic E-state index is -0.944. The number of rotatable bonds is 36. The molecule has 0 saturated heterocycles. The number of carbonyl (C=O) groups excluding carboxylic acids is 2. The number of unbranched alkanes of at least 4 members (excludes halogenated alkanes) is 29. The number of aliphatic hydroxyl groups excluding tert-OH is 1. The molecule has 0 spiro atoms. The highest BCUT2D eigenvalue weighted by Crippen LogP contribution is 2.15. The van der Waals surface area contributed by atoms with Crippen molar-refractivity contribution in [1.82, 2.24) is 5.32 Å². The average molecular weight is 624 g/mol. The first-order valence-electron chi connectivity index (χ1n) is 19.7. The van der Waals surface area contributed by atoms with Gasteiger partial charge in [-0.25, -0.2) is 4.79 Å². The maximum atomic E-state index is 12.3. The molecule has 0 aliphatic carbocycles. The molecule has 0 unspecified atom stereocenters. The summed E-state index contributed by atoms with van der Waals surface area (Å²) in [6.45, 7) is 4.49. The smallest absolute Gasteiger partial charge is 0.331 e. The van der Waals surface area contributed by atoms with Gasteiger partial charge in [-0.05, 0) is 12.8 Å². The molecule has 0 aromatic rings. The molecule has 262 valence electrons. The van der Waals surface area contributed by atoms with Crippen LogP contribution in [0.4, 0.5) is 0 Å². The molecule has 0 heterocycles. The topological polar surface area (TPSA) is 75.6 Å². The van der Waals surface area contributed by atoms with Crippen LogP contribution in [-0.4, -0.2) is 36.2 Å². The van der Waals surface area contributed by atoms with Crippen LogP contribution in [0.3, 0.4) is 0 Å². The van der Waals surface area contributed by atoms with Gasteiger partial charge < -0.3 is 15.2 Å². The van der Waals surface area contributed by atoms with Crippen molar-refractivity contribution in [2.24, 2.45) is 0 Å². The van der Waals surface area contributed by atoms with Crippen molar-refractivity contribution < 1.29 is 19.4 Å². The molecular weight excluding hydrogens is 546 g/mol. The number of carbonyl (C=O) groups is 2. The summed E-state index contributed by atoms with van der Waals surface area (Å²) >= 11 is 0. The van der Waals surface area contributed by atoms with Crippen molar-refractivity contribution in [1.29, 1.82) is 0 Å². The monoisotopic (exact) mass is 624 g/mol. The number of aliphatic hydroxyl groups is 1. The molecule has 0 aliphatic heterocycles. The fourth-order valence-electron chi connectivity index (χ4n) is 6.03. The van der Waals surface area contributed by atoms with Crippen molar-refractivity contribution >= 4 is 11.9 Å². The first-order chi connectivity index (χ1) is 21.7. The Hall–Kier alpha value is -1.10. The summed E-state index contributed by atoms with van der Waals surface area (Å²) in [7, 11) is 0. The van der Waals surface area contributed by atoms with Gasteiger partial charge in [0.2, 0.25) is 5.91 Å². The number of esters is 1. The summed E-state index contributed by atoms with van der Waals surface area (Å²) in [6.07, 6.45) is 40.7. The molecule has 0 aromatic heterocycles. The standard InChI is InChI=1S/C39H77NO4/c1-3-5-7-9-11-13-15-17-18-19-20-21-23-25-27-29-31-33-35-44-39(43)37(36-41)40-38(42)34-32-30-28-26-24-22-16-14-12-10-8-6-4-2/h37,41H,3-36H2,1-2H3,(H,40,42)/t37-/m0/s1. The van der Waals surface area contributed by atoms with Gasteiger partial charge in [-0.2, -0.15) is 0 Å². The van der Waals surface area contributed by atoms with Crippen LogP contribution in [0.2, 0.25) is 0 Å². The fourth-order valence-corrected chi connectivity index (χ4v) is 6.03. The highest BCUT2D eigenvalue weighted by atomic mass is 16.5.